The van der Waals surface area contributed by atoms with E-state index < -0.39 is 20.7 Å². The van der Waals surface area contributed by atoms with Crippen LogP contribution < -0.4 is 5.73 Å². The number of ether oxygens (including phenoxy) is 1. The second-order valence-electron chi connectivity index (χ2n) is 3.81. The van der Waals surface area contributed by atoms with Crippen molar-refractivity contribution in [1.29, 1.82) is 0 Å². The molecule has 8 heteroatoms. The molecule has 1 aromatic rings. The summed E-state index contributed by atoms with van der Waals surface area (Å²) in [5.74, 6) is -0.880. The molecule has 1 rings (SSSR count). The first-order valence-corrected chi connectivity index (χ1v) is 7.02. The fourth-order valence-electron chi connectivity index (χ4n) is 1.51. The number of hydrogen-bond donors (Lipinski definition) is 2. The molecule has 1 aromatic carbocycles. The lowest BCUT2D eigenvalue weighted by atomic mass is 10.3. The highest BCUT2D eigenvalue weighted by Gasteiger charge is 2.27. The van der Waals surface area contributed by atoms with E-state index in [1.807, 2.05) is 0 Å². The van der Waals surface area contributed by atoms with Crippen molar-refractivity contribution in [2.45, 2.75) is 4.90 Å². The van der Waals surface area contributed by atoms with Crippen molar-refractivity contribution in [2.24, 2.45) is 0 Å². The van der Waals surface area contributed by atoms with Crippen molar-refractivity contribution >= 4 is 15.7 Å². The number of nitrogen functional groups attached to an aromatic ring is 1. The first-order chi connectivity index (χ1) is 8.93. The molecule has 0 atom stereocenters. The quantitative estimate of drug-likeness (QED) is 0.692. The van der Waals surface area contributed by atoms with Gasteiger partial charge in [-0.3, -0.25) is 0 Å². The minimum absolute atomic E-state index is 0.0215. The van der Waals surface area contributed by atoms with Gasteiger partial charge in [-0.2, -0.15) is 4.31 Å². The van der Waals surface area contributed by atoms with Gasteiger partial charge in [0.2, 0.25) is 10.0 Å². The summed E-state index contributed by atoms with van der Waals surface area (Å²) >= 11 is 0. The maximum Gasteiger partial charge on any atom is 0.246 e. The van der Waals surface area contributed by atoms with E-state index in [0.717, 1.165) is 16.4 Å². The summed E-state index contributed by atoms with van der Waals surface area (Å²) in [6.07, 6.45) is 0. The van der Waals surface area contributed by atoms with Crippen LogP contribution in [-0.2, 0) is 14.8 Å². The van der Waals surface area contributed by atoms with Crippen LogP contribution in [0.1, 0.15) is 0 Å². The monoisotopic (exact) mass is 292 g/mol. The molecule has 19 heavy (non-hydrogen) atoms. The second-order valence-corrected chi connectivity index (χ2v) is 5.72. The van der Waals surface area contributed by atoms with Crippen LogP contribution in [0.4, 0.5) is 10.1 Å². The zero-order valence-electron chi connectivity index (χ0n) is 10.5. The SMILES string of the molecule is COCCN(CCO)S(=O)(=O)c1cc(N)ccc1F. The van der Waals surface area contributed by atoms with Crippen LogP contribution in [0.15, 0.2) is 23.1 Å². The number of aliphatic hydroxyl groups excluding tert-OH is 1. The first-order valence-electron chi connectivity index (χ1n) is 5.58. The van der Waals surface area contributed by atoms with E-state index in [1.54, 1.807) is 0 Å². The van der Waals surface area contributed by atoms with Gasteiger partial charge in [0, 0.05) is 25.9 Å². The Bertz CT molecular complexity index is 521. The van der Waals surface area contributed by atoms with Crippen LogP contribution in [0.5, 0.6) is 0 Å². The van der Waals surface area contributed by atoms with Crippen molar-refractivity contribution in [2.75, 3.05) is 39.1 Å². The van der Waals surface area contributed by atoms with Crippen molar-refractivity contribution in [3.8, 4) is 0 Å². The Hall–Kier alpha value is -1.22. The molecule has 6 nitrogen and oxygen atoms in total. The Morgan fingerprint density at radius 2 is 2.11 bits per heavy atom. The smallest absolute Gasteiger partial charge is 0.246 e. The number of aliphatic hydroxyl groups is 1. The summed E-state index contributed by atoms with van der Waals surface area (Å²) in [5.41, 5.74) is 5.62. The van der Waals surface area contributed by atoms with Gasteiger partial charge in [-0.25, -0.2) is 12.8 Å². The standard InChI is InChI=1S/C11H17FN2O4S/c1-18-7-5-14(4-6-15)19(16,17)11-8-9(13)2-3-10(11)12/h2-3,8,15H,4-7,13H2,1H3. The average Bonchev–Trinajstić information content (AvgIpc) is 2.37. The van der Waals surface area contributed by atoms with E-state index in [0.29, 0.717) is 0 Å². The topological polar surface area (TPSA) is 92.9 Å². The minimum Gasteiger partial charge on any atom is -0.399 e. The molecule has 0 aromatic heterocycles. The number of anilines is 1. The largest absolute Gasteiger partial charge is 0.399 e. The molecule has 0 heterocycles. The Morgan fingerprint density at radius 1 is 1.42 bits per heavy atom. The van der Waals surface area contributed by atoms with Gasteiger partial charge in [0.25, 0.3) is 0 Å². The molecule has 0 aliphatic heterocycles. The van der Waals surface area contributed by atoms with E-state index in [4.69, 9.17) is 15.6 Å². The Kier molecular flexibility index (Phi) is 5.67. The van der Waals surface area contributed by atoms with E-state index in [2.05, 4.69) is 0 Å². The van der Waals surface area contributed by atoms with Crippen LogP contribution in [-0.4, -0.2) is 51.2 Å². The van der Waals surface area contributed by atoms with Gasteiger partial charge < -0.3 is 15.6 Å². The fraction of sp³-hybridized carbons (Fsp3) is 0.455. The van der Waals surface area contributed by atoms with E-state index in [-0.39, 0.29) is 32.0 Å². The third kappa shape index (κ3) is 3.87. The van der Waals surface area contributed by atoms with Gasteiger partial charge >= 0.3 is 0 Å². The molecule has 0 radical (unpaired) electrons. The summed E-state index contributed by atoms with van der Waals surface area (Å²) < 4.78 is 43.9. The highest BCUT2D eigenvalue weighted by atomic mass is 32.2. The number of nitrogens with zero attached hydrogens (tertiary/aromatic N) is 1. The number of benzene rings is 1. The van der Waals surface area contributed by atoms with Gasteiger partial charge in [-0.15, -0.1) is 0 Å². The highest BCUT2D eigenvalue weighted by Crippen LogP contribution is 2.21. The number of rotatable bonds is 7. The lowest BCUT2D eigenvalue weighted by Crippen LogP contribution is -2.36. The molecule has 0 fully saturated rings. The Labute approximate surface area is 111 Å². The number of halogens is 1. The third-order valence-corrected chi connectivity index (χ3v) is 4.38. The molecule has 0 bridgehead atoms. The predicted octanol–water partition coefficient (Wildman–Crippen LogP) is 0.0373. The average molecular weight is 292 g/mol. The molecule has 0 saturated heterocycles. The molecule has 0 amide bonds. The van der Waals surface area contributed by atoms with E-state index in [9.17, 15) is 12.8 Å². The predicted molar refractivity (Wildman–Crippen MR) is 68.5 cm³/mol. The summed E-state index contributed by atoms with van der Waals surface area (Å²) in [6, 6.07) is 3.33. The van der Waals surface area contributed by atoms with Crippen molar-refractivity contribution in [3.05, 3.63) is 24.0 Å². The van der Waals surface area contributed by atoms with Crippen molar-refractivity contribution in [3.63, 3.8) is 0 Å². The van der Waals surface area contributed by atoms with E-state index in [1.165, 1.54) is 13.2 Å². The molecule has 0 saturated carbocycles. The Morgan fingerprint density at radius 3 is 2.68 bits per heavy atom. The molecular formula is C11H17FN2O4S. The number of methoxy groups -OCH3 is 1. The van der Waals surface area contributed by atoms with Crippen LogP contribution >= 0.6 is 0 Å². The van der Waals surface area contributed by atoms with Crippen molar-refractivity contribution in [1.82, 2.24) is 4.31 Å². The minimum atomic E-state index is -4.05. The van der Waals surface area contributed by atoms with Gasteiger partial charge in [-0.05, 0) is 18.2 Å². The zero-order chi connectivity index (χ0) is 14.5. The molecular weight excluding hydrogens is 275 g/mol. The van der Waals surface area contributed by atoms with Crippen LogP contribution in [0, 0.1) is 5.82 Å². The molecule has 0 unspecified atom stereocenters. The molecule has 3 N–H and O–H groups in total. The van der Waals surface area contributed by atoms with Gasteiger partial charge in [-0.1, -0.05) is 0 Å². The van der Waals surface area contributed by atoms with Gasteiger partial charge in [0.15, 0.2) is 0 Å². The fourth-order valence-corrected chi connectivity index (χ4v) is 3.03. The van der Waals surface area contributed by atoms with E-state index >= 15 is 0 Å². The maximum absolute atomic E-state index is 13.6. The number of nitrogens with two attached hydrogens (primary N) is 1. The molecule has 108 valence electrons. The molecule has 0 aliphatic rings. The lowest BCUT2D eigenvalue weighted by Gasteiger charge is -2.21. The third-order valence-electron chi connectivity index (χ3n) is 2.47. The zero-order valence-corrected chi connectivity index (χ0v) is 11.4. The lowest BCUT2D eigenvalue weighted by molar-refractivity contribution is 0.168. The number of hydrogen-bond acceptors (Lipinski definition) is 5. The first kappa shape index (κ1) is 15.8. The van der Waals surface area contributed by atoms with Crippen LogP contribution in [0.3, 0.4) is 0 Å². The summed E-state index contributed by atoms with van der Waals surface area (Å²) in [6.45, 7) is -0.344. The molecule has 0 aliphatic carbocycles. The Balaban J connectivity index is 3.14. The summed E-state index contributed by atoms with van der Waals surface area (Å²) in [4.78, 5) is -0.503. The van der Waals surface area contributed by atoms with Gasteiger partial charge in [0.1, 0.15) is 10.7 Å². The van der Waals surface area contributed by atoms with Gasteiger partial charge in [0.05, 0.1) is 13.2 Å². The number of sulfonamides is 1. The van der Waals surface area contributed by atoms with Crippen LogP contribution in [0.25, 0.3) is 0 Å². The highest BCUT2D eigenvalue weighted by molar-refractivity contribution is 7.89. The molecule has 0 spiro atoms. The van der Waals surface area contributed by atoms with Crippen LogP contribution in [0.2, 0.25) is 0 Å². The maximum atomic E-state index is 13.6. The normalized spacial score (nSPS) is 12.0. The summed E-state index contributed by atoms with van der Waals surface area (Å²) in [5, 5.41) is 8.90. The summed E-state index contributed by atoms with van der Waals surface area (Å²) in [7, 11) is -2.63. The van der Waals surface area contributed by atoms with Crippen molar-refractivity contribution < 1.29 is 22.7 Å². The second kappa shape index (κ2) is 6.80.